The van der Waals surface area contributed by atoms with E-state index in [4.69, 9.17) is 26.1 Å². The van der Waals surface area contributed by atoms with Crippen molar-refractivity contribution in [3.8, 4) is 11.5 Å². The summed E-state index contributed by atoms with van der Waals surface area (Å²) in [7, 11) is 0. The van der Waals surface area contributed by atoms with Crippen molar-refractivity contribution in [1.82, 2.24) is 14.7 Å². The first kappa shape index (κ1) is 20.1. The maximum atomic E-state index is 6.00. The van der Waals surface area contributed by atoms with Gasteiger partial charge in [-0.2, -0.15) is 0 Å². The van der Waals surface area contributed by atoms with Gasteiger partial charge in [-0.25, -0.2) is 4.68 Å². The third-order valence-electron chi connectivity index (χ3n) is 6.03. The number of nitrogens with zero attached hydrogens (tertiary/aromatic N) is 4. The molecule has 0 amide bonds. The molecule has 5 rings (SSSR count). The van der Waals surface area contributed by atoms with Crippen LogP contribution in [0.25, 0.3) is 0 Å². The zero-order chi connectivity index (χ0) is 21.4. The number of para-hydroxylation sites is 2. The molecule has 0 radical (unpaired) electrons. The average molecular weight is 439 g/mol. The lowest BCUT2D eigenvalue weighted by molar-refractivity contribution is 0.0706. The van der Waals surface area contributed by atoms with Crippen LogP contribution < -0.4 is 14.4 Å². The van der Waals surface area contributed by atoms with Crippen LogP contribution in [0.2, 0.25) is 0 Å². The van der Waals surface area contributed by atoms with E-state index in [-0.39, 0.29) is 0 Å². The highest BCUT2D eigenvalue weighted by molar-refractivity contribution is 7.71. The molecular weight excluding hydrogens is 412 g/mol. The molecule has 2 aromatic carbocycles. The Morgan fingerprint density at radius 3 is 2.58 bits per heavy atom. The van der Waals surface area contributed by atoms with E-state index in [2.05, 4.69) is 46.9 Å². The van der Waals surface area contributed by atoms with Gasteiger partial charge in [0.1, 0.15) is 6.61 Å². The van der Waals surface area contributed by atoms with Crippen LogP contribution in [0.3, 0.4) is 0 Å². The SMILES string of the molecule is Cc1cccc(N2CCN(Cn3nc([C@@H]4COc5ccccc5O4)oc3=S)CC2)c1C. The van der Waals surface area contributed by atoms with Crippen molar-refractivity contribution in [3.63, 3.8) is 0 Å². The van der Waals surface area contributed by atoms with Crippen molar-refractivity contribution in [2.24, 2.45) is 0 Å². The molecule has 162 valence electrons. The molecule has 0 unspecified atom stereocenters. The second-order valence-electron chi connectivity index (χ2n) is 8.04. The van der Waals surface area contributed by atoms with Gasteiger partial charge in [0, 0.05) is 31.9 Å². The number of anilines is 1. The van der Waals surface area contributed by atoms with Gasteiger partial charge < -0.3 is 18.8 Å². The van der Waals surface area contributed by atoms with E-state index >= 15 is 0 Å². The molecule has 1 fully saturated rings. The molecular formula is C23H26N4O3S. The van der Waals surface area contributed by atoms with E-state index in [9.17, 15) is 0 Å². The molecule has 2 aliphatic heterocycles. The first-order valence-electron chi connectivity index (χ1n) is 10.6. The van der Waals surface area contributed by atoms with E-state index in [0.717, 1.165) is 31.9 Å². The number of piperazine rings is 1. The predicted molar refractivity (Wildman–Crippen MR) is 120 cm³/mol. The molecule has 1 saturated heterocycles. The molecule has 7 nitrogen and oxygen atoms in total. The zero-order valence-corrected chi connectivity index (χ0v) is 18.6. The maximum absolute atomic E-state index is 6.00. The van der Waals surface area contributed by atoms with E-state index < -0.39 is 6.10 Å². The first-order chi connectivity index (χ1) is 15.1. The van der Waals surface area contributed by atoms with Gasteiger partial charge in [-0.05, 0) is 55.4 Å². The number of hydrogen-bond acceptors (Lipinski definition) is 7. The Kier molecular flexibility index (Phi) is 5.41. The number of benzene rings is 2. The molecule has 3 aromatic rings. The number of ether oxygens (including phenoxy) is 2. The standard InChI is InChI=1S/C23H26N4O3S/c1-16-6-5-7-18(17(16)2)26-12-10-25(11-13-26)15-27-23(31)30-22(24-27)21-14-28-19-8-3-4-9-20(19)29-21/h3-9,21H,10-15H2,1-2H3/t21-/m0/s1. The van der Waals surface area contributed by atoms with Crippen LogP contribution in [0.15, 0.2) is 46.9 Å². The molecule has 0 spiro atoms. The Hall–Kier alpha value is -2.84. The Balaban J connectivity index is 1.23. The lowest BCUT2D eigenvalue weighted by Crippen LogP contribution is -2.47. The minimum absolute atomic E-state index is 0.348. The van der Waals surface area contributed by atoms with Crippen molar-refractivity contribution in [2.75, 3.05) is 37.7 Å². The molecule has 1 atom stereocenters. The lowest BCUT2D eigenvalue weighted by atomic mass is 10.1. The Labute approximate surface area is 186 Å². The zero-order valence-electron chi connectivity index (χ0n) is 17.8. The molecule has 1 aromatic heterocycles. The van der Waals surface area contributed by atoms with Crippen LogP contribution in [0.4, 0.5) is 5.69 Å². The highest BCUT2D eigenvalue weighted by Crippen LogP contribution is 2.35. The van der Waals surface area contributed by atoms with Gasteiger partial charge >= 0.3 is 0 Å². The quantitative estimate of drug-likeness (QED) is 0.568. The van der Waals surface area contributed by atoms with Crippen LogP contribution in [-0.2, 0) is 6.67 Å². The van der Waals surface area contributed by atoms with Crippen molar-refractivity contribution >= 4 is 17.9 Å². The number of rotatable bonds is 4. The van der Waals surface area contributed by atoms with Crippen molar-refractivity contribution in [3.05, 3.63) is 64.3 Å². The van der Waals surface area contributed by atoms with Crippen molar-refractivity contribution < 1.29 is 13.9 Å². The fourth-order valence-corrected chi connectivity index (χ4v) is 4.26. The smallest absolute Gasteiger partial charge is 0.288 e. The van der Waals surface area contributed by atoms with Crippen LogP contribution in [0.5, 0.6) is 11.5 Å². The molecule has 8 heteroatoms. The van der Waals surface area contributed by atoms with E-state index in [0.29, 0.717) is 29.8 Å². The van der Waals surface area contributed by atoms with E-state index in [1.807, 2.05) is 24.3 Å². The minimum atomic E-state index is -0.404. The summed E-state index contributed by atoms with van der Waals surface area (Å²) in [5.74, 6) is 1.88. The molecule has 3 heterocycles. The number of aromatic nitrogens is 2. The summed E-state index contributed by atoms with van der Waals surface area (Å²) in [6.45, 7) is 9.13. The Bertz CT molecular complexity index is 1130. The Morgan fingerprint density at radius 1 is 1.00 bits per heavy atom. The number of fused-ring (bicyclic) bond motifs is 1. The molecule has 31 heavy (non-hydrogen) atoms. The second-order valence-corrected chi connectivity index (χ2v) is 8.38. The van der Waals surface area contributed by atoms with Crippen LogP contribution in [-0.4, -0.2) is 47.5 Å². The fourth-order valence-electron chi connectivity index (χ4n) is 4.08. The third kappa shape index (κ3) is 4.05. The van der Waals surface area contributed by atoms with Gasteiger partial charge in [0.25, 0.3) is 10.7 Å². The summed E-state index contributed by atoms with van der Waals surface area (Å²) < 4.78 is 19.3. The summed E-state index contributed by atoms with van der Waals surface area (Å²) in [5, 5.41) is 4.59. The summed E-state index contributed by atoms with van der Waals surface area (Å²) in [4.78, 5) is 5.16. The highest BCUT2D eigenvalue weighted by atomic mass is 32.1. The summed E-state index contributed by atoms with van der Waals surface area (Å²) >= 11 is 5.42. The van der Waals surface area contributed by atoms with Gasteiger partial charge in [0.05, 0.1) is 6.67 Å². The summed E-state index contributed by atoms with van der Waals surface area (Å²) in [6, 6.07) is 14.1. The molecule has 0 aliphatic carbocycles. The average Bonchev–Trinajstić information content (AvgIpc) is 3.16. The van der Waals surface area contributed by atoms with Crippen molar-refractivity contribution in [1.29, 1.82) is 0 Å². The van der Waals surface area contributed by atoms with Crippen LogP contribution in [0.1, 0.15) is 23.1 Å². The number of hydrogen-bond donors (Lipinski definition) is 0. The van der Waals surface area contributed by atoms with E-state index in [1.54, 1.807) is 4.68 Å². The van der Waals surface area contributed by atoms with Crippen LogP contribution >= 0.6 is 12.2 Å². The Morgan fingerprint density at radius 2 is 1.77 bits per heavy atom. The summed E-state index contributed by atoms with van der Waals surface area (Å²) in [5.41, 5.74) is 4.02. The first-order valence-corrected chi connectivity index (χ1v) is 11.0. The van der Waals surface area contributed by atoms with Crippen molar-refractivity contribution in [2.45, 2.75) is 26.6 Å². The second kappa shape index (κ2) is 8.36. The monoisotopic (exact) mass is 438 g/mol. The normalized spacial score (nSPS) is 18.9. The van der Waals surface area contributed by atoms with Gasteiger partial charge in [-0.15, -0.1) is 5.10 Å². The molecule has 0 N–H and O–H groups in total. The van der Waals surface area contributed by atoms with Crippen LogP contribution in [0, 0.1) is 18.7 Å². The topological polar surface area (TPSA) is 55.9 Å². The highest BCUT2D eigenvalue weighted by Gasteiger charge is 2.28. The fraction of sp³-hybridized carbons (Fsp3) is 0.391. The van der Waals surface area contributed by atoms with Gasteiger partial charge in [-0.3, -0.25) is 4.90 Å². The van der Waals surface area contributed by atoms with Gasteiger partial charge in [0.2, 0.25) is 6.10 Å². The van der Waals surface area contributed by atoms with Gasteiger partial charge in [0.15, 0.2) is 11.5 Å². The molecule has 2 aliphatic rings. The molecule has 0 bridgehead atoms. The summed E-state index contributed by atoms with van der Waals surface area (Å²) in [6.07, 6.45) is -0.404. The lowest BCUT2D eigenvalue weighted by Gasteiger charge is -2.36. The predicted octanol–water partition coefficient (Wildman–Crippen LogP) is 4.11. The van der Waals surface area contributed by atoms with E-state index in [1.165, 1.54) is 16.8 Å². The largest absolute Gasteiger partial charge is 0.485 e. The maximum Gasteiger partial charge on any atom is 0.288 e. The molecule has 0 saturated carbocycles. The minimum Gasteiger partial charge on any atom is -0.485 e. The van der Waals surface area contributed by atoms with Gasteiger partial charge in [-0.1, -0.05) is 24.3 Å². The number of aryl methyl sites for hydroxylation is 1. The third-order valence-corrected chi connectivity index (χ3v) is 6.32.